The first-order chi connectivity index (χ1) is 10.9. The van der Waals surface area contributed by atoms with E-state index in [2.05, 4.69) is 0 Å². The Kier molecular flexibility index (Phi) is 5.44. The minimum absolute atomic E-state index is 0.0284. The van der Waals surface area contributed by atoms with Gasteiger partial charge in [0.1, 0.15) is 5.60 Å². The van der Waals surface area contributed by atoms with Gasteiger partial charge in [-0.3, -0.25) is 4.79 Å². The Bertz CT molecular complexity index is 591. The van der Waals surface area contributed by atoms with Crippen LogP contribution in [0.2, 0.25) is 0 Å². The number of hydrogen-bond acceptors (Lipinski definition) is 5. The zero-order valence-corrected chi connectivity index (χ0v) is 15.3. The summed E-state index contributed by atoms with van der Waals surface area (Å²) in [6.45, 7) is 6.96. The van der Waals surface area contributed by atoms with Gasteiger partial charge in [-0.1, -0.05) is 0 Å². The Morgan fingerprint density at radius 1 is 1.29 bits per heavy atom. The second kappa shape index (κ2) is 6.87. The number of nitrogens with zero attached hydrogens (tertiary/aromatic N) is 2. The van der Waals surface area contributed by atoms with Gasteiger partial charge in [-0.15, -0.1) is 0 Å². The van der Waals surface area contributed by atoms with Gasteiger partial charge in [0.05, 0.1) is 5.75 Å². The number of sulfonamides is 1. The van der Waals surface area contributed by atoms with E-state index in [9.17, 15) is 18.0 Å². The summed E-state index contributed by atoms with van der Waals surface area (Å²) < 4.78 is 27.8. The highest BCUT2D eigenvalue weighted by Gasteiger charge is 2.38. The minimum atomic E-state index is -3.57. The summed E-state index contributed by atoms with van der Waals surface area (Å²) in [5.41, 5.74) is -0.528. The Balaban J connectivity index is 1.86. The Labute approximate surface area is 143 Å². The number of primary sulfonamides is 1. The molecular weight excluding hydrogens is 334 g/mol. The largest absolute Gasteiger partial charge is 0.444 e. The fourth-order valence-corrected chi connectivity index (χ4v) is 4.17. The average Bonchev–Trinajstić information content (AvgIpc) is 2.75. The monoisotopic (exact) mass is 361 g/mol. The summed E-state index contributed by atoms with van der Waals surface area (Å²) in [5, 5.41) is 5.07. The number of hydrogen-bond donors (Lipinski definition) is 1. The van der Waals surface area contributed by atoms with Crippen molar-refractivity contribution < 1.29 is 22.7 Å². The van der Waals surface area contributed by atoms with Crippen LogP contribution < -0.4 is 5.14 Å². The molecule has 0 radical (unpaired) electrons. The van der Waals surface area contributed by atoms with E-state index in [1.807, 2.05) is 20.8 Å². The number of ether oxygens (including phenoxy) is 1. The molecule has 2 saturated heterocycles. The lowest BCUT2D eigenvalue weighted by molar-refractivity contribution is -0.130. The molecule has 2 aliphatic heterocycles. The summed E-state index contributed by atoms with van der Waals surface area (Å²) in [6.07, 6.45) is 1.24. The van der Waals surface area contributed by atoms with Crippen LogP contribution in [0, 0.1) is 5.92 Å². The molecule has 1 unspecified atom stereocenters. The van der Waals surface area contributed by atoms with Crippen LogP contribution in [0.25, 0.3) is 0 Å². The fraction of sp³-hybridized carbons (Fsp3) is 0.867. The standard InChI is InChI=1S/C15H27N3O5S/c1-15(2,3)23-14(20)17-6-4-12(5-7-17)18-9-11(8-13(18)19)10-24(16,21)22/h11-12H,4-10H2,1-3H3,(H2,16,21,22). The molecule has 2 fully saturated rings. The SMILES string of the molecule is CC(C)(C)OC(=O)N1CCC(N2CC(CS(N)(=O)=O)CC2=O)CC1. The molecule has 0 saturated carbocycles. The summed E-state index contributed by atoms with van der Waals surface area (Å²) in [6, 6.07) is 0.0432. The maximum Gasteiger partial charge on any atom is 0.410 e. The third kappa shape index (κ3) is 5.34. The first kappa shape index (κ1) is 19.0. The molecule has 9 heteroatoms. The predicted molar refractivity (Wildman–Crippen MR) is 88.6 cm³/mol. The lowest BCUT2D eigenvalue weighted by Gasteiger charge is -2.37. The summed E-state index contributed by atoms with van der Waals surface area (Å²) >= 11 is 0. The third-order valence-corrected chi connectivity index (χ3v) is 5.20. The van der Waals surface area contributed by atoms with Crippen LogP contribution in [0.3, 0.4) is 0 Å². The first-order valence-electron chi connectivity index (χ1n) is 8.22. The smallest absolute Gasteiger partial charge is 0.410 e. The second-order valence-corrected chi connectivity index (χ2v) is 9.30. The molecule has 2 aliphatic rings. The number of rotatable bonds is 3. The number of nitrogens with two attached hydrogens (primary N) is 1. The quantitative estimate of drug-likeness (QED) is 0.788. The zero-order chi connectivity index (χ0) is 18.1. The Hall–Kier alpha value is -1.35. The van der Waals surface area contributed by atoms with Gasteiger partial charge < -0.3 is 14.5 Å². The summed E-state index contributed by atoms with van der Waals surface area (Å²) in [4.78, 5) is 27.6. The Morgan fingerprint density at radius 3 is 2.38 bits per heavy atom. The predicted octanol–water partition coefficient (Wildman–Crippen LogP) is 0.523. The topological polar surface area (TPSA) is 110 Å². The number of likely N-dealkylation sites (tertiary alicyclic amines) is 2. The molecule has 0 aromatic heterocycles. The highest BCUT2D eigenvalue weighted by atomic mass is 32.2. The van der Waals surface area contributed by atoms with Gasteiger partial charge in [-0.05, 0) is 33.6 Å². The molecule has 8 nitrogen and oxygen atoms in total. The van der Waals surface area contributed by atoms with E-state index >= 15 is 0 Å². The molecule has 0 bridgehead atoms. The maximum atomic E-state index is 12.2. The Morgan fingerprint density at radius 2 is 1.88 bits per heavy atom. The molecule has 0 aromatic carbocycles. The van der Waals surface area contributed by atoms with Gasteiger partial charge in [0.15, 0.2) is 0 Å². The van der Waals surface area contributed by atoms with E-state index in [0.717, 1.165) is 0 Å². The van der Waals surface area contributed by atoms with Crippen LogP contribution in [0.4, 0.5) is 4.79 Å². The number of amides is 2. The van der Waals surface area contributed by atoms with E-state index < -0.39 is 15.6 Å². The normalized spacial score (nSPS) is 23.7. The van der Waals surface area contributed by atoms with E-state index in [1.54, 1.807) is 9.80 Å². The summed E-state index contributed by atoms with van der Waals surface area (Å²) in [5.74, 6) is -0.429. The van der Waals surface area contributed by atoms with Crippen LogP contribution in [-0.4, -0.2) is 67.2 Å². The zero-order valence-electron chi connectivity index (χ0n) is 14.5. The van der Waals surface area contributed by atoms with E-state index in [0.29, 0.717) is 32.5 Å². The number of carbonyl (C=O) groups excluding carboxylic acids is 2. The molecule has 2 amide bonds. The van der Waals surface area contributed by atoms with E-state index in [1.165, 1.54) is 0 Å². The lowest BCUT2D eigenvalue weighted by atomic mass is 10.0. The molecule has 2 N–H and O–H groups in total. The molecule has 2 heterocycles. The van der Waals surface area contributed by atoms with E-state index in [-0.39, 0.29) is 36.1 Å². The fourth-order valence-electron chi connectivity index (χ4n) is 3.29. The lowest BCUT2D eigenvalue weighted by Crippen LogP contribution is -2.48. The van der Waals surface area contributed by atoms with Crippen molar-refractivity contribution in [3.8, 4) is 0 Å². The van der Waals surface area contributed by atoms with Crippen molar-refractivity contribution in [2.24, 2.45) is 11.1 Å². The van der Waals surface area contributed by atoms with Crippen LogP contribution in [-0.2, 0) is 19.6 Å². The van der Waals surface area contributed by atoms with Crippen molar-refractivity contribution in [2.75, 3.05) is 25.4 Å². The van der Waals surface area contributed by atoms with E-state index in [4.69, 9.17) is 9.88 Å². The van der Waals surface area contributed by atoms with Crippen molar-refractivity contribution in [1.29, 1.82) is 0 Å². The molecule has 24 heavy (non-hydrogen) atoms. The molecular formula is C15H27N3O5S. The van der Waals surface area contributed by atoms with Crippen molar-refractivity contribution in [3.05, 3.63) is 0 Å². The van der Waals surface area contributed by atoms with Gasteiger partial charge in [0.2, 0.25) is 15.9 Å². The molecule has 0 aromatic rings. The highest BCUT2D eigenvalue weighted by Crippen LogP contribution is 2.26. The molecule has 0 spiro atoms. The van der Waals surface area contributed by atoms with Crippen LogP contribution in [0.1, 0.15) is 40.0 Å². The number of carbonyl (C=O) groups is 2. The van der Waals surface area contributed by atoms with Gasteiger partial charge in [0.25, 0.3) is 0 Å². The third-order valence-electron chi connectivity index (χ3n) is 4.26. The summed E-state index contributed by atoms with van der Waals surface area (Å²) in [7, 11) is -3.57. The van der Waals surface area contributed by atoms with Crippen molar-refractivity contribution >= 4 is 22.0 Å². The maximum absolute atomic E-state index is 12.2. The average molecular weight is 361 g/mol. The first-order valence-corrected chi connectivity index (χ1v) is 9.94. The van der Waals surface area contributed by atoms with Crippen LogP contribution in [0.5, 0.6) is 0 Å². The molecule has 2 rings (SSSR count). The molecule has 1 atom stereocenters. The molecule has 0 aliphatic carbocycles. The van der Waals surface area contributed by atoms with Gasteiger partial charge in [-0.2, -0.15) is 0 Å². The van der Waals surface area contributed by atoms with Crippen LogP contribution >= 0.6 is 0 Å². The second-order valence-electron chi connectivity index (χ2n) is 7.64. The van der Waals surface area contributed by atoms with Crippen molar-refractivity contribution in [2.45, 2.75) is 51.7 Å². The van der Waals surface area contributed by atoms with Gasteiger partial charge >= 0.3 is 6.09 Å². The minimum Gasteiger partial charge on any atom is -0.444 e. The van der Waals surface area contributed by atoms with Gasteiger partial charge in [-0.25, -0.2) is 18.4 Å². The van der Waals surface area contributed by atoms with Gasteiger partial charge in [0, 0.05) is 38.0 Å². The van der Waals surface area contributed by atoms with Crippen LogP contribution in [0.15, 0.2) is 0 Å². The van der Waals surface area contributed by atoms with Crippen molar-refractivity contribution in [3.63, 3.8) is 0 Å². The number of piperidine rings is 1. The molecule has 138 valence electrons. The van der Waals surface area contributed by atoms with Crippen molar-refractivity contribution in [1.82, 2.24) is 9.80 Å². The highest BCUT2D eigenvalue weighted by molar-refractivity contribution is 7.89.